The molecule has 1 aliphatic rings. The van der Waals surface area contributed by atoms with Crippen molar-refractivity contribution in [1.29, 1.82) is 0 Å². The number of hydrogen-bond acceptors (Lipinski definition) is 4. The highest BCUT2D eigenvalue weighted by Crippen LogP contribution is 2.44. The summed E-state index contributed by atoms with van der Waals surface area (Å²) >= 11 is 1.37. The van der Waals surface area contributed by atoms with Gasteiger partial charge in [0.15, 0.2) is 0 Å². The smallest absolute Gasteiger partial charge is 0.407 e. The van der Waals surface area contributed by atoms with E-state index in [1.54, 1.807) is 0 Å². The Bertz CT molecular complexity index is 1010. The zero-order valence-corrected chi connectivity index (χ0v) is 17.0. The summed E-state index contributed by atoms with van der Waals surface area (Å²) in [5, 5.41) is 11.9. The van der Waals surface area contributed by atoms with Gasteiger partial charge in [0.2, 0.25) is 0 Å². The van der Waals surface area contributed by atoms with E-state index in [1.165, 1.54) is 11.8 Å². The third-order valence-corrected chi connectivity index (χ3v) is 6.20. The Morgan fingerprint density at radius 3 is 2.07 bits per heavy atom. The van der Waals surface area contributed by atoms with Crippen molar-refractivity contribution in [3.8, 4) is 11.1 Å². The van der Waals surface area contributed by atoms with Crippen LogP contribution in [-0.2, 0) is 9.53 Å². The zero-order chi connectivity index (χ0) is 20.9. The van der Waals surface area contributed by atoms with Crippen LogP contribution < -0.4 is 5.32 Å². The molecule has 0 saturated heterocycles. The molecule has 0 aromatic heterocycles. The Hall–Kier alpha value is -3.25. The first-order valence-corrected chi connectivity index (χ1v) is 10.6. The van der Waals surface area contributed by atoms with Gasteiger partial charge in [-0.1, -0.05) is 66.7 Å². The van der Waals surface area contributed by atoms with E-state index in [4.69, 9.17) is 4.74 Å². The van der Waals surface area contributed by atoms with Gasteiger partial charge in [-0.3, -0.25) is 0 Å². The first-order chi connectivity index (χ1) is 14.6. The molecule has 30 heavy (non-hydrogen) atoms. The van der Waals surface area contributed by atoms with Crippen molar-refractivity contribution in [2.45, 2.75) is 16.9 Å². The summed E-state index contributed by atoms with van der Waals surface area (Å²) in [6.45, 7) is 0.151. The second kappa shape index (κ2) is 9.05. The lowest BCUT2D eigenvalue weighted by Gasteiger charge is -2.17. The van der Waals surface area contributed by atoms with Gasteiger partial charge in [0.05, 0.1) is 0 Å². The number of thioether (sulfide) groups is 1. The number of carboxylic acid groups (broad SMARTS) is 1. The van der Waals surface area contributed by atoms with E-state index >= 15 is 0 Å². The SMILES string of the molecule is O=C(N[C@@H](CSc1ccccc1)C(=O)O)OCC1c2ccccc2-c2ccccc21. The van der Waals surface area contributed by atoms with E-state index < -0.39 is 18.1 Å². The molecule has 0 heterocycles. The molecule has 3 aromatic carbocycles. The highest BCUT2D eigenvalue weighted by molar-refractivity contribution is 7.99. The van der Waals surface area contributed by atoms with Gasteiger partial charge in [0, 0.05) is 16.6 Å². The number of carbonyl (C=O) groups excluding carboxylic acids is 1. The Labute approximate surface area is 179 Å². The molecule has 0 bridgehead atoms. The quantitative estimate of drug-likeness (QED) is 0.540. The molecule has 152 valence electrons. The molecule has 0 spiro atoms. The third-order valence-electron chi connectivity index (χ3n) is 5.09. The van der Waals surface area contributed by atoms with Crippen LogP contribution in [0.4, 0.5) is 4.79 Å². The third kappa shape index (κ3) is 4.33. The van der Waals surface area contributed by atoms with Crippen molar-refractivity contribution < 1.29 is 19.4 Å². The Morgan fingerprint density at radius 2 is 1.47 bits per heavy atom. The van der Waals surface area contributed by atoms with E-state index in [2.05, 4.69) is 17.4 Å². The van der Waals surface area contributed by atoms with Crippen LogP contribution in [0.2, 0.25) is 0 Å². The van der Waals surface area contributed by atoms with Crippen LogP contribution in [0.15, 0.2) is 83.8 Å². The summed E-state index contributed by atoms with van der Waals surface area (Å²) in [4.78, 5) is 24.8. The van der Waals surface area contributed by atoms with Gasteiger partial charge in [0.25, 0.3) is 0 Å². The summed E-state index contributed by atoms with van der Waals surface area (Å²) in [5.41, 5.74) is 4.51. The van der Waals surface area contributed by atoms with Crippen LogP contribution >= 0.6 is 11.8 Å². The topological polar surface area (TPSA) is 75.6 Å². The fourth-order valence-corrected chi connectivity index (χ4v) is 4.59. The van der Waals surface area contributed by atoms with E-state index in [1.807, 2.05) is 66.7 Å². The van der Waals surface area contributed by atoms with Gasteiger partial charge < -0.3 is 15.2 Å². The highest BCUT2D eigenvalue weighted by atomic mass is 32.2. The van der Waals surface area contributed by atoms with Gasteiger partial charge in [-0.05, 0) is 34.4 Å². The minimum Gasteiger partial charge on any atom is -0.480 e. The molecule has 0 fully saturated rings. The number of ether oxygens (including phenoxy) is 1. The number of aliphatic carboxylic acids is 1. The Balaban J connectivity index is 1.38. The van der Waals surface area contributed by atoms with Crippen molar-refractivity contribution >= 4 is 23.8 Å². The van der Waals surface area contributed by atoms with E-state index in [-0.39, 0.29) is 18.3 Å². The van der Waals surface area contributed by atoms with Crippen molar-refractivity contribution in [2.75, 3.05) is 12.4 Å². The maximum atomic E-state index is 12.3. The Morgan fingerprint density at radius 1 is 0.900 bits per heavy atom. The van der Waals surface area contributed by atoms with Crippen molar-refractivity contribution in [3.05, 3.63) is 90.0 Å². The average molecular weight is 420 g/mol. The van der Waals surface area contributed by atoms with E-state index in [0.717, 1.165) is 27.1 Å². The van der Waals surface area contributed by atoms with Crippen LogP contribution in [-0.4, -0.2) is 35.6 Å². The minimum absolute atomic E-state index is 0.0647. The largest absolute Gasteiger partial charge is 0.480 e. The summed E-state index contributed by atoms with van der Waals surface area (Å²) in [7, 11) is 0. The maximum Gasteiger partial charge on any atom is 0.407 e. The van der Waals surface area contributed by atoms with Crippen LogP contribution in [0.1, 0.15) is 17.0 Å². The number of nitrogens with one attached hydrogen (secondary N) is 1. The number of carbonyl (C=O) groups is 2. The molecular formula is C24H21NO4S. The van der Waals surface area contributed by atoms with Crippen molar-refractivity contribution in [3.63, 3.8) is 0 Å². The highest BCUT2D eigenvalue weighted by Gasteiger charge is 2.29. The molecule has 1 amide bonds. The molecule has 4 rings (SSSR count). The zero-order valence-electron chi connectivity index (χ0n) is 16.2. The van der Waals surface area contributed by atoms with Gasteiger partial charge in [-0.25, -0.2) is 9.59 Å². The standard InChI is InChI=1S/C24H21NO4S/c26-23(27)22(15-30-16-8-2-1-3-9-16)25-24(28)29-14-21-19-12-6-4-10-17(19)18-11-5-7-13-20(18)21/h1-13,21-22H,14-15H2,(H,25,28)(H,26,27)/t22-/m0/s1. The van der Waals surface area contributed by atoms with Crippen LogP contribution in [0.25, 0.3) is 11.1 Å². The van der Waals surface area contributed by atoms with E-state index in [0.29, 0.717) is 0 Å². The second-order valence-electron chi connectivity index (χ2n) is 6.98. The molecule has 0 radical (unpaired) electrons. The molecule has 0 aliphatic heterocycles. The fraction of sp³-hybridized carbons (Fsp3) is 0.167. The first-order valence-electron chi connectivity index (χ1n) is 9.65. The molecule has 5 nitrogen and oxygen atoms in total. The minimum atomic E-state index is -1.09. The van der Waals surface area contributed by atoms with Crippen molar-refractivity contribution in [2.24, 2.45) is 0 Å². The summed E-state index contributed by atoms with van der Waals surface area (Å²) < 4.78 is 5.45. The maximum absolute atomic E-state index is 12.3. The van der Waals surface area contributed by atoms with E-state index in [9.17, 15) is 14.7 Å². The lowest BCUT2D eigenvalue weighted by atomic mass is 9.98. The molecule has 6 heteroatoms. The predicted molar refractivity (Wildman–Crippen MR) is 117 cm³/mol. The molecular weight excluding hydrogens is 398 g/mol. The summed E-state index contributed by atoms with van der Waals surface area (Å²) in [5.74, 6) is -0.944. The molecule has 1 aliphatic carbocycles. The lowest BCUT2D eigenvalue weighted by Crippen LogP contribution is -2.43. The number of benzene rings is 3. The van der Waals surface area contributed by atoms with Crippen molar-refractivity contribution in [1.82, 2.24) is 5.32 Å². The number of carboxylic acids is 1. The molecule has 1 atom stereocenters. The number of hydrogen-bond donors (Lipinski definition) is 2. The predicted octanol–water partition coefficient (Wildman–Crippen LogP) is 4.77. The number of alkyl carbamates (subject to hydrolysis) is 1. The Kier molecular flexibility index (Phi) is 6.05. The molecule has 0 unspecified atom stereocenters. The van der Waals surface area contributed by atoms with Gasteiger partial charge in [-0.2, -0.15) is 0 Å². The van der Waals surface area contributed by atoms with Gasteiger partial charge in [0.1, 0.15) is 12.6 Å². The number of rotatable bonds is 7. The second-order valence-corrected chi connectivity index (χ2v) is 8.08. The summed E-state index contributed by atoms with van der Waals surface area (Å²) in [6, 6.07) is 24.6. The van der Waals surface area contributed by atoms with Crippen LogP contribution in [0.3, 0.4) is 0 Å². The fourth-order valence-electron chi connectivity index (χ4n) is 3.65. The average Bonchev–Trinajstić information content (AvgIpc) is 3.09. The lowest BCUT2D eigenvalue weighted by molar-refractivity contribution is -0.138. The number of fused-ring (bicyclic) bond motifs is 3. The van der Waals surface area contributed by atoms with Gasteiger partial charge >= 0.3 is 12.1 Å². The molecule has 2 N–H and O–H groups in total. The first kappa shape index (κ1) is 20.0. The summed E-state index contributed by atoms with van der Waals surface area (Å²) in [6.07, 6.45) is -0.724. The van der Waals surface area contributed by atoms with Crippen LogP contribution in [0, 0.1) is 0 Å². The monoisotopic (exact) mass is 419 g/mol. The molecule has 0 saturated carbocycles. The number of amides is 1. The molecule has 3 aromatic rings. The van der Waals surface area contributed by atoms with Gasteiger partial charge in [-0.15, -0.1) is 11.8 Å². The van der Waals surface area contributed by atoms with Crippen LogP contribution in [0.5, 0.6) is 0 Å². The normalized spacial score (nSPS) is 13.2.